The van der Waals surface area contributed by atoms with Gasteiger partial charge >= 0.3 is 0 Å². The summed E-state index contributed by atoms with van der Waals surface area (Å²) in [5.74, 6) is 0.958. The molecule has 1 atom stereocenters. The Morgan fingerprint density at radius 3 is 2.50 bits per heavy atom. The maximum absolute atomic E-state index is 12.2. The number of carbonyl (C=O) groups excluding carboxylic acids is 2. The van der Waals surface area contributed by atoms with Crippen LogP contribution in [-0.2, 0) is 4.79 Å². The van der Waals surface area contributed by atoms with Crippen molar-refractivity contribution in [3.05, 3.63) is 22.4 Å². The fourth-order valence-corrected chi connectivity index (χ4v) is 3.47. The van der Waals surface area contributed by atoms with Crippen LogP contribution in [0.5, 0.6) is 0 Å². The summed E-state index contributed by atoms with van der Waals surface area (Å²) >= 11 is 3.15. The van der Waals surface area contributed by atoms with Crippen molar-refractivity contribution in [1.29, 1.82) is 0 Å². The number of carbonyl (C=O) groups is 2. The van der Waals surface area contributed by atoms with Crippen molar-refractivity contribution < 1.29 is 9.59 Å². The predicted molar refractivity (Wildman–Crippen MR) is 95.0 cm³/mol. The van der Waals surface area contributed by atoms with Crippen LogP contribution in [0, 0.1) is 0 Å². The van der Waals surface area contributed by atoms with Gasteiger partial charge in [-0.2, -0.15) is 11.8 Å². The highest BCUT2D eigenvalue weighted by molar-refractivity contribution is 7.98. The molecule has 0 aliphatic carbocycles. The average Bonchev–Trinajstić information content (AvgIpc) is 3.05. The average molecular weight is 364 g/mol. The van der Waals surface area contributed by atoms with Gasteiger partial charge in [-0.15, -0.1) is 23.7 Å². The van der Waals surface area contributed by atoms with Crippen molar-refractivity contribution in [2.24, 2.45) is 5.73 Å². The molecule has 1 aromatic heterocycles. The van der Waals surface area contributed by atoms with Crippen molar-refractivity contribution in [3.63, 3.8) is 0 Å². The molecule has 1 aliphatic rings. The van der Waals surface area contributed by atoms with E-state index in [1.807, 2.05) is 28.7 Å². The van der Waals surface area contributed by atoms with Crippen molar-refractivity contribution in [2.75, 3.05) is 38.2 Å². The minimum Gasteiger partial charge on any atom is -0.338 e. The van der Waals surface area contributed by atoms with Gasteiger partial charge in [0.25, 0.3) is 5.91 Å². The lowest BCUT2D eigenvalue weighted by Gasteiger charge is -2.35. The molecule has 1 aromatic rings. The third kappa shape index (κ3) is 4.87. The van der Waals surface area contributed by atoms with Crippen molar-refractivity contribution >= 4 is 47.3 Å². The zero-order chi connectivity index (χ0) is 15.2. The minimum absolute atomic E-state index is 0. The van der Waals surface area contributed by atoms with Gasteiger partial charge in [0.2, 0.25) is 5.91 Å². The fraction of sp³-hybridized carbons (Fsp3) is 0.571. The number of amides is 2. The normalized spacial score (nSPS) is 16.1. The van der Waals surface area contributed by atoms with E-state index < -0.39 is 6.04 Å². The van der Waals surface area contributed by atoms with Crippen molar-refractivity contribution in [2.45, 2.75) is 12.5 Å². The third-order valence-electron chi connectivity index (χ3n) is 3.56. The summed E-state index contributed by atoms with van der Waals surface area (Å²) in [5.41, 5.74) is 5.92. The SMILES string of the molecule is CSCC[C@H](N)C(=O)N1CCN(C(=O)c2cccs2)CC1.Cl. The molecule has 1 aliphatic heterocycles. The summed E-state index contributed by atoms with van der Waals surface area (Å²) in [4.78, 5) is 28.8. The summed E-state index contributed by atoms with van der Waals surface area (Å²) in [6, 6.07) is 3.29. The third-order valence-corrected chi connectivity index (χ3v) is 5.06. The van der Waals surface area contributed by atoms with E-state index in [1.165, 1.54) is 11.3 Å². The minimum atomic E-state index is -0.419. The lowest BCUT2D eigenvalue weighted by molar-refractivity contribution is -0.134. The van der Waals surface area contributed by atoms with Crippen LogP contribution >= 0.6 is 35.5 Å². The van der Waals surface area contributed by atoms with E-state index in [-0.39, 0.29) is 24.2 Å². The van der Waals surface area contributed by atoms with Crippen LogP contribution in [0.15, 0.2) is 17.5 Å². The summed E-state index contributed by atoms with van der Waals surface area (Å²) in [5, 5.41) is 1.90. The first-order valence-corrected chi connectivity index (χ1v) is 9.27. The second kappa shape index (κ2) is 9.39. The number of thiophene rings is 1. The Hall–Kier alpha value is -0.760. The summed E-state index contributed by atoms with van der Waals surface area (Å²) < 4.78 is 0. The zero-order valence-corrected chi connectivity index (χ0v) is 15.0. The smallest absolute Gasteiger partial charge is 0.264 e. The maximum atomic E-state index is 12.2. The molecule has 5 nitrogen and oxygen atoms in total. The van der Waals surface area contributed by atoms with Crippen molar-refractivity contribution in [3.8, 4) is 0 Å². The van der Waals surface area contributed by atoms with Gasteiger partial charge in [0.05, 0.1) is 10.9 Å². The molecule has 8 heteroatoms. The highest BCUT2D eigenvalue weighted by atomic mass is 35.5. The van der Waals surface area contributed by atoms with Gasteiger partial charge in [0, 0.05) is 26.2 Å². The molecule has 0 saturated carbocycles. The summed E-state index contributed by atoms with van der Waals surface area (Å²) in [6.07, 6.45) is 2.71. The van der Waals surface area contributed by atoms with Gasteiger partial charge in [-0.1, -0.05) is 6.07 Å². The first-order valence-electron chi connectivity index (χ1n) is 6.99. The molecule has 1 fully saturated rings. The van der Waals surface area contributed by atoms with Gasteiger partial charge < -0.3 is 15.5 Å². The van der Waals surface area contributed by atoms with Gasteiger partial charge in [-0.3, -0.25) is 9.59 Å². The molecule has 2 amide bonds. The number of halogens is 1. The van der Waals surface area contributed by atoms with Crippen molar-refractivity contribution in [1.82, 2.24) is 9.80 Å². The number of nitrogens with two attached hydrogens (primary N) is 1. The lowest BCUT2D eigenvalue weighted by atomic mass is 10.2. The zero-order valence-electron chi connectivity index (χ0n) is 12.6. The second-order valence-electron chi connectivity index (χ2n) is 4.98. The molecular formula is C14H22ClN3O2S2. The van der Waals surface area contributed by atoms with Gasteiger partial charge in [0.1, 0.15) is 0 Å². The monoisotopic (exact) mass is 363 g/mol. The van der Waals surface area contributed by atoms with E-state index in [0.717, 1.165) is 10.6 Å². The molecule has 22 heavy (non-hydrogen) atoms. The molecule has 0 bridgehead atoms. The Kier molecular flexibility index (Phi) is 8.24. The molecular weight excluding hydrogens is 342 g/mol. The van der Waals surface area contributed by atoms with Crippen LogP contribution in [0.2, 0.25) is 0 Å². The van der Waals surface area contributed by atoms with Crippen LogP contribution in [0.4, 0.5) is 0 Å². The number of nitrogens with zero attached hydrogens (tertiary/aromatic N) is 2. The van der Waals surface area contributed by atoms with Gasteiger partial charge in [0.15, 0.2) is 0 Å². The van der Waals surface area contributed by atoms with Crippen LogP contribution < -0.4 is 5.73 Å². The molecule has 0 unspecified atom stereocenters. The summed E-state index contributed by atoms with van der Waals surface area (Å²) in [6.45, 7) is 2.31. The molecule has 2 N–H and O–H groups in total. The Balaban J connectivity index is 0.00000242. The number of thioether (sulfide) groups is 1. The molecule has 2 rings (SSSR count). The lowest BCUT2D eigenvalue weighted by Crippen LogP contribution is -2.54. The first-order chi connectivity index (χ1) is 10.1. The largest absolute Gasteiger partial charge is 0.338 e. The highest BCUT2D eigenvalue weighted by Gasteiger charge is 2.27. The second-order valence-corrected chi connectivity index (χ2v) is 6.92. The topological polar surface area (TPSA) is 66.6 Å². The van der Waals surface area contributed by atoms with Crippen LogP contribution in [0.25, 0.3) is 0 Å². The van der Waals surface area contributed by atoms with Gasteiger partial charge in [-0.05, 0) is 29.9 Å². The molecule has 0 aromatic carbocycles. The molecule has 0 radical (unpaired) electrons. The Bertz CT molecular complexity index is 476. The number of hydrogen-bond donors (Lipinski definition) is 1. The number of piperazine rings is 1. The molecule has 0 spiro atoms. The summed E-state index contributed by atoms with van der Waals surface area (Å²) in [7, 11) is 0. The van der Waals surface area contributed by atoms with E-state index in [2.05, 4.69) is 0 Å². The van der Waals surface area contributed by atoms with E-state index >= 15 is 0 Å². The predicted octanol–water partition coefficient (Wildman–Crippen LogP) is 1.53. The van der Waals surface area contributed by atoms with Crippen LogP contribution in [0.1, 0.15) is 16.1 Å². The first kappa shape index (κ1) is 19.3. The highest BCUT2D eigenvalue weighted by Crippen LogP contribution is 2.14. The van der Waals surface area contributed by atoms with E-state index in [1.54, 1.807) is 16.7 Å². The maximum Gasteiger partial charge on any atom is 0.264 e. The molecule has 1 saturated heterocycles. The number of hydrogen-bond acceptors (Lipinski definition) is 5. The molecule has 124 valence electrons. The Labute approximate surface area is 145 Å². The fourth-order valence-electron chi connectivity index (χ4n) is 2.29. The quantitative estimate of drug-likeness (QED) is 0.861. The molecule has 2 heterocycles. The van der Waals surface area contributed by atoms with E-state index in [0.29, 0.717) is 32.6 Å². The van der Waals surface area contributed by atoms with Crippen LogP contribution in [-0.4, -0.2) is 65.8 Å². The van der Waals surface area contributed by atoms with E-state index in [4.69, 9.17) is 5.73 Å². The standard InChI is InChI=1S/C14H21N3O2S2.ClH/c1-20-10-4-11(15)13(18)16-5-7-17(8-6-16)14(19)12-3-2-9-21-12;/h2-3,9,11H,4-8,10,15H2,1H3;1H/t11-;/m0./s1. The Morgan fingerprint density at radius 2 is 1.95 bits per heavy atom. The van der Waals surface area contributed by atoms with E-state index in [9.17, 15) is 9.59 Å². The number of rotatable bonds is 5. The van der Waals surface area contributed by atoms with Gasteiger partial charge in [-0.25, -0.2) is 0 Å². The Morgan fingerprint density at radius 1 is 1.32 bits per heavy atom. The van der Waals surface area contributed by atoms with Crippen LogP contribution in [0.3, 0.4) is 0 Å².